The second-order valence-corrected chi connectivity index (χ2v) is 6.57. The second-order valence-electron chi connectivity index (χ2n) is 6.57. The maximum atomic E-state index is 5.96. The summed E-state index contributed by atoms with van der Waals surface area (Å²) in [6.45, 7) is 6.70. The van der Waals surface area contributed by atoms with Crippen LogP contribution in [0.2, 0.25) is 0 Å². The first-order valence-electron chi connectivity index (χ1n) is 7.97. The molecule has 0 fully saturated rings. The monoisotopic (exact) mass is 313 g/mol. The molecule has 124 valence electrons. The first kappa shape index (κ1) is 17.4. The molecule has 1 aromatic heterocycles. The molecule has 0 aliphatic heterocycles. The minimum Gasteiger partial charge on any atom is -0.489 e. The quantitative estimate of drug-likeness (QED) is 0.812. The van der Waals surface area contributed by atoms with Gasteiger partial charge < -0.3 is 15.0 Å². The number of benzene rings is 1. The molecule has 4 heteroatoms. The summed E-state index contributed by atoms with van der Waals surface area (Å²) in [5.74, 6) is 0.923. The highest BCUT2D eigenvalue weighted by atomic mass is 16.5. The van der Waals surface area contributed by atoms with Gasteiger partial charge in [-0.15, -0.1) is 0 Å². The number of pyridine rings is 1. The lowest BCUT2D eigenvalue weighted by Gasteiger charge is -2.32. The number of hydrogen-bond donors (Lipinski definition) is 1. The van der Waals surface area contributed by atoms with Crippen LogP contribution in [0.4, 0.5) is 0 Å². The Labute approximate surface area is 139 Å². The molecule has 1 heterocycles. The van der Waals surface area contributed by atoms with E-state index in [4.69, 9.17) is 4.74 Å². The number of hydrogen-bond acceptors (Lipinski definition) is 4. The van der Waals surface area contributed by atoms with Crippen molar-refractivity contribution in [3.63, 3.8) is 0 Å². The predicted octanol–water partition coefficient (Wildman–Crippen LogP) is 3.09. The fourth-order valence-electron chi connectivity index (χ4n) is 2.10. The van der Waals surface area contributed by atoms with Crippen molar-refractivity contribution in [1.29, 1.82) is 0 Å². The van der Waals surface area contributed by atoms with Gasteiger partial charge in [0.05, 0.1) is 0 Å². The van der Waals surface area contributed by atoms with Crippen LogP contribution in [0, 0.1) is 0 Å². The van der Waals surface area contributed by atoms with E-state index >= 15 is 0 Å². The fraction of sp³-hybridized carbons (Fsp3) is 0.421. The van der Waals surface area contributed by atoms with E-state index in [1.54, 1.807) is 6.20 Å². The molecule has 0 unspecified atom stereocenters. The lowest BCUT2D eigenvalue weighted by molar-refractivity contribution is 0.189. The molecule has 4 nitrogen and oxygen atoms in total. The molecule has 0 aliphatic rings. The number of aromatic nitrogens is 1. The van der Waals surface area contributed by atoms with Gasteiger partial charge in [0.1, 0.15) is 12.4 Å². The summed E-state index contributed by atoms with van der Waals surface area (Å²) in [7, 11) is 4.21. The van der Waals surface area contributed by atoms with Crippen molar-refractivity contribution in [3.05, 3.63) is 59.9 Å². The first-order valence-corrected chi connectivity index (χ1v) is 7.97. The van der Waals surface area contributed by atoms with E-state index in [9.17, 15) is 0 Å². The van der Waals surface area contributed by atoms with Crippen LogP contribution < -0.4 is 10.1 Å². The first-order chi connectivity index (χ1) is 11.0. The average molecular weight is 313 g/mol. The topological polar surface area (TPSA) is 37.4 Å². The largest absolute Gasteiger partial charge is 0.489 e. The Morgan fingerprint density at radius 3 is 2.61 bits per heavy atom. The minimum atomic E-state index is 0.117. The Hall–Kier alpha value is -1.91. The Balaban J connectivity index is 1.92. The molecule has 2 rings (SSSR count). The molecular formula is C19H27N3O. The molecule has 0 saturated carbocycles. The van der Waals surface area contributed by atoms with Crippen LogP contribution in [0.1, 0.15) is 25.0 Å². The van der Waals surface area contributed by atoms with Crippen LogP contribution in [0.25, 0.3) is 0 Å². The third-order valence-electron chi connectivity index (χ3n) is 4.17. The fourth-order valence-corrected chi connectivity index (χ4v) is 2.10. The van der Waals surface area contributed by atoms with Gasteiger partial charge in [-0.3, -0.25) is 4.98 Å². The van der Waals surface area contributed by atoms with Gasteiger partial charge in [0.2, 0.25) is 0 Å². The molecule has 0 bridgehead atoms. The number of rotatable bonds is 8. The molecule has 0 spiro atoms. The molecule has 23 heavy (non-hydrogen) atoms. The van der Waals surface area contributed by atoms with Crippen molar-refractivity contribution >= 4 is 0 Å². The number of nitrogens with zero attached hydrogens (tertiary/aromatic N) is 2. The Morgan fingerprint density at radius 2 is 1.91 bits per heavy atom. The lowest BCUT2D eigenvalue weighted by Crippen LogP contribution is -2.46. The van der Waals surface area contributed by atoms with Crippen LogP contribution in [0.3, 0.4) is 0 Å². The molecule has 0 radical (unpaired) electrons. The summed E-state index contributed by atoms with van der Waals surface area (Å²) in [6.07, 6.45) is 3.61. The van der Waals surface area contributed by atoms with Crippen molar-refractivity contribution in [2.24, 2.45) is 0 Å². The molecule has 0 amide bonds. The molecule has 1 N–H and O–H groups in total. The van der Waals surface area contributed by atoms with Gasteiger partial charge in [-0.2, -0.15) is 0 Å². The molecular weight excluding hydrogens is 286 g/mol. The van der Waals surface area contributed by atoms with Crippen molar-refractivity contribution in [3.8, 4) is 5.75 Å². The van der Waals surface area contributed by atoms with E-state index in [1.165, 1.54) is 5.56 Å². The SMILES string of the molecule is CN(C)C(C)(C)CNCc1ccccc1OCc1cccnc1. The van der Waals surface area contributed by atoms with Crippen molar-refractivity contribution in [2.75, 3.05) is 20.6 Å². The summed E-state index contributed by atoms with van der Waals surface area (Å²) < 4.78 is 5.96. The predicted molar refractivity (Wildman–Crippen MR) is 94.5 cm³/mol. The van der Waals surface area contributed by atoms with E-state index in [-0.39, 0.29) is 5.54 Å². The Kier molecular flexibility index (Phi) is 6.13. The standard InChI is InChI=1S/C19H27N3O/c1-19(2,22(3)4)15-21-13-17-9-5-6-10-18(17)23-14-16-8-7-11-20-12-16/h5-12,21H,13-15H2,1-4H3. The number of likely N-dealkylation sites (N-methyl/N-ethyl adjacent to an activating group) is 1. The van der Waals surface area contributed by atoms with Gasteiger partial charge in [0, 0.05) is 42.1 Å². The zero-order valence-corrected chi connectivity index (χ0v) is 14.5. The summed E-state index contributed by atoms with van der Waals surface area (Å²) >= 11 is 0. The highest BCUT2D eigenvalue weighted by Crippen LogP contribution is 2.19. The van der Waals surface area contributed by atoms with Crippen LogP contribution >= 0.6 is 0 Å². The Morgan fingerprint density at radius 1 is 1.13 bits per heavy atom. The maximum Gasteiger partial charge on any atom is 0.124 e. The van der Waals surface area contributed by atoms with E-state index in [2.05, 4.69) is 49.2 Å². The summed E-state index contributed by atoms with van der Waals surface area (Å²) in [4.78, 5) is 6.34. The van der Waals surface area contributed by atoms with Gasteiger partial charge in [0.25, 0.3) is 0 Å². The number of para-hydroxylation sites is 1. The zero-order chi connectivity index (χ0) is 16.7. The molecule has 0 atom stereocenters. The van der Waals surface area contributed by atoms with Crippen LogP contribution in [-0.2, 0) is 13.2 Å². The molecule has 0 saturated heterocycles. The number of nitrogens with one attached hydrogen (secondary N) is 1. The van der Waals surface area contributed by atoms with Crippen LogP contribution in [-0.4, -0.2) is 36.1 Å². The lowest BCUT2D eigenvalue weighted by atomic mass is 10.0. The third kappa shape index (κ3) is 5.34. The summed E-state index contributed by atoms with van der Waals surface area (Å²) in [5, 5.41) is 3.53. The normalized spacial score (nSPS) is 11.7. The van der Waals surface area contributed by atoms with Gasteiger partial charge in [0.15, 0.2) is 0 Å². The van der Waals surface area contributed by atoms with Crippen LogP contribution in [0.15, 0.2) is 48.8 Å². The van der Waals surface area contributed by atoms with Crippen molar-refractivity contribution in [1.82, 2.24) is 15.2 Å². The van der Waals surface area contributed by atoms with E-state index < -0.39 is 0 Å². The molecule has 2 aromatic rings. The van der Waals surface area contributed by atoms with Crippen LogP contribution in [0.5, 0.6) is 5.75 Å². The van der Waals surface area contributed by atoms with Crippen molar-refractivity contribution in [2.45, 2.75) is 32.5 Å². The zero-order valence-electron chi connectivity index (χ0n) is 14.5. The van der Waals surface area contributed by atoms with E-state index in [1.807, 2.05) is 36.5 Å². The number of ether oxygens (including phenoxy) is 1. The highest BCUT2D eigenvalue weighted by molar-refractivity contribution is 5.33. The van der Waals surface area contributed by atoms with Gasteiger partial charge >= 0.3 is 0 Å². The van der Waals surface area contributed by atoms with Gasteiger partial charge in [-0.25, -0.2) is 0 Å². The second kappa shape index (κ2) is 8.09. The average Bonchev–Trinajstić information content (AvgIpc) is 2.54. The maximum absolute atomic E-state index is 5.96. The Bertz CT molecular complexity index is 597. The van der Waals surface area contributed by atoms with Crippen molar-refractivity contribution < 1.29 is 4.74 Å². The minimum absolute atomic E-state index is 0.117. The summed E-state index contributed by atoms with van der Waals surface area (Å²) in [5.41, 5.74) is 2.36. The third-order valence-corrected chi connectivity index (χ3v) is 4.17. The van der Waals surface area contributed by atoms with E-state index in [0.717, 1.165) is 24.4 Å². The van der Waals surface area contributed by atoms with Gasteiger partial charge in [-0.05, 0) is 40.1 Å². The molecule has 0 aliphatic carbocycles. The van der Waals surface area contributed by atoms with E-state index in [0.29, 0.717) is 6.61 Å². The smallest absolute Gasteiger partial charge is 0.124 e. The molecule has 1 aromatic carbocycles. The van der Waals surface area contributed by atoms with Gasteiger partial charge in [-0.1, -0.05) is 24.3 Å². The summed E-state index contributed by atoms with van der Waals surface area (Å²) in [6, 6.07) is 12.1. The highest BCUT2D eigenvalue weighted by Gasteiger charge is 2.19.